The lowest BCUT2D eigenvalue weighted by Gasteiger charge is -2.16. The smallest absolute Gasteiger partial charge is 0.168 e. The summed E-state index contributed by atoms with van der Waals surface area (Å²) in [6, 6.07) is 5.28. The number of aliphatic imine (C=N–C) groups is 1. The quantitative estimate of drug-likeness (QED) is 0.784. The number of thioether (sulfide) groups is 1. The van der Waals surface area contributed by atoms with Crippen LogP contribution in [0, 0.1) is 5.82 Å². The lowest BCUT2D eigenvalue weighted by atomic mass is 10.1. The van der Waals surface area contributed by atoms with Crippen LogP contribution < -0.4 is 0 Å². The number of benzene rings is 1. The molecule has 2 aliphatic rings. The Bertz CT molecular complexity index is 745. The zero-order valence-corrected chi connectivity index (χ0v) is 11.9. The molecule has 0 amide bonds. The van der Waals surface area contributed by atoms with Gasteiger partial charge in [0.1, 0.15) is 5.82 Å². The first-order valence-corrected chi connectivity index (χ1v) is 7.82. The van der Waals surface area contributed by atoms with Gasteiger partial charge in [0.15, 0.2) is 5.17 Å². The van der Waals surface area contributed by atoms with Crippen LogP contribution in [0.15, 0.2) is 33.5 Å². The van der Waals surface area contributed by atoms with Gasteiger partial charge in [-0.1, -0.05) is 17.8 Å². The average Bonchev–Trinajstić information content (AvgIpc) is 3.03. The molecule has 2 aromatic rings. The Hall–Kier alpha value is -1.33. The van der Waals surface area contributed by atoms with Gasteiger partial charge >= 0.3 is 0 Å². The fourth-order valence-electron chi connectivity index (χ4n) is 2.65. The second kappa shape index (κ2) is 4.08. The Kier molecular flexibility index (Phi) is 2.47. The van der Waals surface area contributed by atoms with Gasteiger partial charge in [-0.25, -0.2) is 4.39 Å². The van der Waals surface area contributed by atoms with Gasteiger partial charge in [-0.2, -0.15) is 0 Å². The standard InChI is InChI=1S/C14H11FN2S2/c1-8-13(17-6-5-16-14(17)19-8)9-7-18-11-4-2-3-10(15)12(9)11/h2-4,7H,5-6H2,1H3. The number of fused-ring (bicyclic) bond motifs is 2. The molecule has 0 atom stereocenters. The van der Waals surface area contributed by atoms with E-state index in [1.165, 1.54) is 11.0 Å². The van der Waals surface area contributed by atoms with E-state index in [1.807, 2.05) is 6.07 Å². The summed E-state index contributed by atoms with van der Waals surface area (Å²) in [5.74, 6) is -0.136. The number of nitrogens with zero attached hydrogens (tertiary/aromatic N) is 2. The largest absolute Gasteiger partial charge is 0.318 e. The normalized spacial score (nSPS) is 18.4. The molecule has 0 aliphatic carbocycles. The van der Waals surface area contributed by atoms with E-state index in [2.05, 4.69) is 22.2 Å². The first-order valence-electron chi connectivity index (χ1n) is 6.12. The summed E-state index contributed by atoms with van der Waals surface area (Å²) in [5, 5.41) is 3.87. The molecule has 0 bridgehead atoms. The summed E-state index contributed by atoms with van der Waals surface area (Å²) in [6.45, 7) is 3.83. The monoisotopic (exact) mass is 290 g/mol. The van der Waals surface area contributed by atoms with E-state index in [1.54, 1.807) is 29.2 Å². The average molecular weight is 290 g/mol. The molecule has 2 nitrogen and oxygen atoms in total. The van der Waals surface area contributed by atoms with Gasteiger partial charge in [-0.15, -0.1) is 11.3 Å². The van der Waals surface area contributed by atoms with Crippen molar-refractivity contribution in [1.82, 2.24) is 4.90 Å². The Morgan fingerprint density at radius 2 is 2.26 bits per heavy atom. The predicted molar refractivity (Wildman–Crippen MR) is 81.0 cm³/mol. The Morgan fingerprint density at radius 3 is 3.16 bits per heavy atom. The minimum absolute atomic E-state index is 0.136. The van der Waals surface area contributed by atoms with E-state index in [0.717, 1.165) is 39.6 Å². The highest BCUT2D eigenvalue weighted by atomic mass is 32.2. The van der Waals surface area contributed by atoms with Crippen molar-refractivity contribution < 1.29 is 4.39 Å². The third kappa shape index (κ3) is 1.58. The van der Waals surface area contributed by atoms with Crippen LogP contribution in [-0.4, -0.2) is 23.2 Å². The number of amidine groups is 1. The molecule has 5 heteroatoms. The van der Waals surface area contributed by atoms with Crippen LogP contribution in [0.4, 0.5) is 4.39 Å². The Balaban J connectivity index is 1.96. The number of hydrogen-bond acceptors (Lipinski definition) is 4. The van der Waals surface area contributed by atoms with Crippen LogP contribution in [0.5, 0.6) is 0 Å². The van der Waals surface area contributed by atoms with E-state index in [9.17, 15) is 4.39 Å². The van der Waals surface area contributed by atoms with Gasteiger partial charge < -0.3 is 4.90 Å². The molecule has 0 radical (unpaired) electrons. The highest BCUT2D eigenvalue weighted by Crippen LogP contribution is 2.44. The van der Waals surface area contributed by atoms with Gasteiger partial charge in [0.2, 0.25) is 0 Å². The van der Waals surface area contributed by atoms with Crippen LogP contribution in [0.25, 0.3) is 15.8 Å². The molecule has 0 fully saturated rings. The molecular weight excluding hydrogens is 279 g/mol. The Labute approximate surface area is 118 Å². The molecule has 0 saturated heterocycles. The molecule has 0 N–H and O–H groups in total. The molecular formula is C14H11FN2S2. The number of halogens is 1. The van der Waals surface area contributed by atoms with Gasteiger partial charge in [0.05, 0.1) is 12.2 Å². The van der Waals surface area contributed by atoms with Crippen LogP contribution >= 0.6 is 23.1 Å². The van der Waals surface area contributed by atoms with Crippen molar-refractivity contribution in [3.8, 4) is 0 Å². The molecule has 1 aromatic heterocycles. The van der Waals surface area contributed by atoms with E-state index in [4.69, 9.17) is 0 Å². The number of hydrogen-bond donors (Lipinski definition) is 0. The summed E-state index contributed by atoms with van der Waals surface area (Å²) in [7, 11) is 0. The highest BCUT2D eigenvalue weighted by Gasteiger charge is 2.32. The van der Waals surface area contributed by atoms with E-state index in [0.29, 0.717) is 0 Å². The maximum atomic E-state index is 14.1. The second-order valence-electron chi connectivity index (χ2n) is 4.59. The van der Waals surface area contributed by atoms with Gasteiger partial charge in [-0.3, -0.25) is 4.99 Å². The SMILES string of the molecule is CC1=C(c2csc3cccc(F)c23)N2CCN=C2S1. The minimum Gasteiger partial charge on any atom is -0.318 e. The zero-order chi connectivity index (χ0) is 13.0. The molecule has 96 valence electrons. The van der Waals surface area contributed by atoms with Crippen molar-refractivity contribution in [2.75, 3.05) is 13.1 Å². The van der Waals surface area contributed by atoms with Crippen molar-refractivity contribution in [2.45, 2.75) is 6.92 Å². The fourth-order valence-corrected chi connectivity index (χ4v) is 4.65. The molecule has 0 saturated carbocycles. The van der Waals surface area contributed by atoms with Crippen LogP contribution in [0.2, 0.25) is 0 Å². The topological polar surface area (TPSA) is 15.6 Å². The van der Waals surface area contributed by atoms with E-state index < -0.39 is 0 Å². The minimum atomic E-state index is -0.136. The van der Waals surface area contributed by atoms with Gasteiger partial charge in [-0.05, 0) is 19.1 Å². The molecule has 19 heavy (non-hydrogen) atoms. The number of rotatable bonds is 1. The van der Waals surface area contributed by atoms with Crippen LogP contribution in [0.1, 0.15) is 12.5 Å². The van der Waals surface area contributed by atoms with Crippen LogP contribution in [0.3, 0.4) is 0 Å². The first-order chi connectivity index (χ1) is 9.25. The lowest BCUT2D eigenvalue weighted by molar-refractivity contribution is 0.635. The van der Waals surface area contributed by atoms with Crippen molar-refractivity contribution in [3.05, 3.63) is 39.9 Å². The lowest BCUT2D eigenvalue weighted by Crippen LogP contribution is -2.19. The van der Waals surface area contributed by atoms with E-state index >= 15 is 0 Å². The van der Waals surface area contributed by atoms with Crippen molar-refractivity contribution in [1.29, 1.82) is 0 Å². The molecule has 3 heterocycles. The third-order valence-corrected chi connectivity index (χ3v) is 5.43. The third-order valence-electron chi connectivity index (χ3n) is 3.45. The van der Waals surface area contributed by atoms with Crippen molar-refractivity contribution in [3.63, 3.8) is 0 Å². The van der Waals surface area contributed by atoms with Crippen molar-refractivity contribution in [2.24, 2.45) is 4.99 Å². The van der Waals surface area contributed by atoms with Crippen molar-refractivity contribution >= 4 is 44.0 Å². The molecule has 0 spiro atoms. The maximum absolute atomic E-state index is 14.1. The maximum Gasteiger partial charge on any atom is 0.168 e. The summed E-state index contributed by atoms with van der Waals surface area (Å²) in [6.07, 6.45) is 0. The number of thiophene rings is 1. The van der Waals surface area contributed by atoms with Gasteiger partial charge in [0.25, 0.3) is 0 Å². The predicted octanol–water partition coefficient (Wildman–Crippen LogP) is 4.15. The molecule has 0 unspecified atom stereocenters. The highest BCUT2D eigenvalue weighted by molar-refractivity contribution is 8.17. The zero-order valence-electron chi connectivity index (χ0n) is 10.3. The fraction of sp³-hybridized carbons (Fsp3) is 0.214. The molecule has 4 rings (SSSR count). The molecule has 2 aliphatic heterocycles. The second-order valence-corrected chi connectivity index (χ2v) is 6.68. The van der Waals surface area contributed by atoms with Gasteiger partial charge in [0, 0.05) is 32.5 Å². The summed E-state index contributed by atoms with van der Waals surface area (Å²) in [5.41, 5.74) is 2.15. The molecule has 1 aromatic carbocycles. The first kappa shape index (κ1) is 11.5. The van der Waals surface area contributed by atoms with Crippen LogP contribution in [-0.2, 0) is 0 Å². The van der Waals surface area contributed by atoms with E-state index in [-0.39, 0.29) is 5.82 Å². The number of allylic oxidation sites excluding steroid dienone is 1. The summed E-state index contributed by atoms with van der Waals surface area (Å²) < 4.78 is 15.1. The summed E-state index contributed by atoms with van der Waals surface area (Å²) in [4.78, 5) is 7.91. The Morgan fingerprint density at radius 1 is 1.37 bits per heavy atom. The summed E-state index contributed by atoms with van der Waals surface area (Å²) >= 11 is 3.30.